The van der Waals surface area contributed by atoms with Crippen molar-refractivity contribution in [3.8, 4) is 0 Å². The van der Waals surface area contributed by atoms with E-state index in [9.17, 15) is 0 Å². The average molecular weight is 92.0 g/mol. The third kappa shape index (κ3) is 0.864. The summed E-state index contributed by atoms with van der Waals surface area (Å²) in [6, 6.07) is 4.14. The van der Waals surface area contributed by atoms with Gasteiger partial charge in [-0.05, 0) is 0 Å². The molecule has 0 radical (unpaired) electrons. The molecule has 0 spiro atoms. The van der Waals surface area contributed by atoms with Crippen molar-refractivity contribution < 1.29 is 0 Å². The van der Waals surface area contributed by atoms with Crippen molar-refractivity contribution in [1.82, 2.24) is 0 Å². The van der Waals surface area contributed by atoms with Crippen LogP contribution in [0.1, 0.15) is 0 Å². The molecule has 0 aromatic carbocycles. The van der Waals surface area contributed by atoms with E-state index in [1.54, 1.807) is 0 Å². The SMILES string of the molecule is b1cccc[siH]1. The fourth-order valence-electron chi connectivity index (χ4n) is 0.385. The molecule has 0 atom stereocenters. The van der Waals surface area contributed by atoms with Crippen LogP contribution in [0.15, 0.2) is 23.8 Å². The zero-order chi connectivity index (χ0) is 4.24. The van der Waals surface area contributed by atoms with Gasteiger partial charge in [-0.15, -0.1) is 0 Å². The number of rotatable bonds is 0. The molecule has 0 nitrogen and oxygen atoms in total. The molecular weight excluding hydrogens is 86.9 g/mol. The first-order chi connectivity index (χ1) is 3.00. The Morgan fingerprint density at radius 2 is 2.33 bits per heavy atom. The average Bonchev–Trinajstić information content (AvgIpc) is 1.72. The molecular formula is C4H5BSi. The molecule has 1 aromatic heterocycles. The molecule has 2 heteroatoms. The van der Waals surface area contributed by atoms with Crippen LogP contribution in [0.2, 0.25) is 0 Å². The van der Waals surface area contributed by atoms with E-state index in [0.29, 0.717) is 8.98 Å². The van der Waals surface area contributed by atoms with Crippen molar-refractivity contribution in [1.29, 1.82) is 0 Å². The second-order valence-corrected chi connectivity index (χ2v) is 2.31. The molecule has 0 saturated carbocycles. The molecule has 1 heterocycles. The summed E-state index contributed by atoms with van der Waals surface area (Å²) in [5.41, 5.74) is 2.21. The van der Waals surface area contributed by atoms with Crippen LogP contribution in [-0.4, -0.2) is 15.5 Å². The molecule has 0 N–H and O–H groups in total. The zero-order valence-electron chi connectivity index (χ0n) is 3.46. The van der Waals surface area contributed by atoms with Crippen molar-refractivity contribution in [2.75, 3.05) is 0 Å². The van der Waals surface area contributed by atoms with Gasteiger partial charge in [0.05, 0.1) is 0 Å². The molecule has 0 aliphatic heterocycles. The number of hydrogen-bond donors (Lipinski definition) is 0. The Bertz CT molecular complexity index is 79.5. The summed E-state index contributed by atoms with van der Waals surface area (Å²) in [7, 11) is 0.513. The summed E-state index contributed by atoms with van der Waals surface area (Å²) >= 11 is 0. The first-order valence-electron chi connectivity index (χ1n) is 2.00. The van der Waals surface area contributed by atoms with Gasteiger partial charge in [-0.3, -0.25) is 0 Å². The summed E-state index contributed by atoms with van der Waals surface area (Å²) < 4.78 is 0. The minimum absolute atomic E-state index is 0.513. The zero-order valence-corrected chi connectivity index (χ0v) is 4.62. The predicted octanol–water partition coefficient (Wildman–Crippen LogP) is 0.0951. The molecule has 1 aromatic rings. The van der Waals surface area contributed by atoms with E-state index in [-0.39, 0.29) is 0 Å². The van der Waals surface area contributed by atoms with E-state index in [1.807, 2.05) is 0 Å². The van der Waals surface area contributed by atoms with Gasteiger partial charge in [0, 0.05) is 0 Å². The monoisotopic (exact) mass is 92.0 g/mol. The molecule has 6 heavy (non-hydrogen) atoms. The summed E-state index contributed by atoms with van der Waals surface area (Å²) in [5.74, 6) is 2.09. The van der Waals surface area contributed by atoms with Crippen LogP contribution in [0.3, 0.4) is 0 Å². The van der Waals surface area contributed by atoms with Gasteiger partial charge in [0.2, 0.25) is 0 Å². The molecule has 0 bridgehead atoms. The van der Waals surface area contributed by atoms with Crippen molar-refractivity contribution >= 4 is 15.5 Å². The van der Waals surface area contributed by atoms with Crippen LogP contribution in [-0.2, 0) is 0 Å². The molecule has 0 fully saturated rings. The predicted molar refractivity (Wildman–Crippen MR) is 30.5 cm³/mol. The summed E-state index contributed by atoms with van der Waals surface area (Å²) in [4.78, 5) is 0. The first kappa shape index (κ1) is 3.94. The van der Waals surface area contributed by atoms with Gasteiger partial charge in [0.15, 0.2) is 0 Å². The third-order valence-electron chi connectivity index (χ3n) is 0.667. The van der Waals surface area contributed by atoms with E-state index in [1.165, 1.54) is 0 Å². The quantitative estimate of drug-likeness (QED) is 0.398. The summed E-state index contributed by atoms with van der Waals surface area (Å²) in [5, 5.41) is 0. The van der Waals surface area contributed by atoms with Crippen LogP contribution >= 0.6 is 0 Å². The fraction of sp³-hybridized carbons (Fsp3) is 0. The molecule has 0 unspecified atom stereocenters. The molecule has 0 aliphatic rings. The Morgan fingerprint density at radius 3 is 2.50 bits per heavy atom. The maximum atomic E-state index is 2.21. The van der Waals surface area contributed by atoms with Crippen molar-refractivity contribution in [3.63, 3.8) is 0 Å². The summed E-state index contributed by atoms with van der Waals surface area (Å²) in [6.07, 6.45) is 0. The number of hydrogen-bond acceptors (Lipinski definition) is 0. The standard InChI is InChI=1S/C4H5BSi/c1-2-4-6-5-3-1/h1-4,6H. The van der Waals surface area contributed by atoms with Gasteiger partial charge >= 0.3 is 39.2 Å². The van der Waals surface area contributed by atoms with Gasteiger partial charge in [-0.1, -0.05) is 0 Å². The molecule has 0 aliphatic carbocycles. The first-order valence-corrected chi connectivity index (χ1v) is 3.33. The Labute approximate surface area is 40.1 Å². The van der Waals surface area contributed by atoms with Gasteiger partial charge in [-0.25, -0.2) is 0 Å². The van der Waals surface area contributed by atoms with Crippen molar-refractivity contribution in [3.05, 3.63) is 23.8 Å². The fourth-order valence-corrected chi connectivity index (χ4v) is 1.03. The molecule has 0 amide bonds. The van der Waals surface area contributed by atoms with Crippen molar-refractivity contribution in [2.45, 2.75) is 0 Å². The minimum atomic E-state index is 0.513. The van der Waals surface area contributed by atoms with Crippen LogP contribution in [0.5, 0.6) is 0 Å². The van der Waals surface area contributed by atoms with Crippen LogP contribution in [0, 0.1) is 0 Å². The van der Waals surface area contributed by atoms with E-state index in [0.717, 1.165) is 0 Å². The van der Waals surface area contributed by atoms with Gasteiger partial charge < -0.3 is 0 Å². The maximum absolute atomic E-state index is 2.21. The Kier molecular flexibility index (Phi) is 1.33. The normalized spacial score (nSPS) is 7.33. The Hall–Kier alpha value is -0.238. The van der Waals surface area contributed by atoms with E-state index in [4.69, 9.17) is 0 Å². The van der Waals surface area contributed by atoms with Crippen LogP contribution in [0.25, 0.3) is 0 Å². The van der Waals surface area contributed by atoms with E-state index < -0.39 is 0 Å². The van der Waals surface area contributed by atoms with Crippen LogP contribution in [0.4, 0.5) is 0 Å². The van der Waals surface area contributed by atoms with Gasteiger partial charge in [0.1, 0.15) is 0 Å². The molecule has 1 rings (SSSR count). The Morgan fingerprint density at radius 1 is 1.33 bits per heavy atom. The second kappa shape index (κ2) is 2.03. The van der Waals surface area contributed by atoms with Gasteiger partial charge in [-0.2, -0.15) is 0 Å². The molecule has 28 valence electrons. The van der Waals surface area contributed by atoms with Crippen molar-refractivity contribution in [2.24, 2.45) is 0 Å². The third-order valence-corrected chi connectivity index (χ3v) is 1.56. The topological polar surface area (TPSA) is 0 Å². The van der Waals surface area contributed by atoms with E-state index in [2.05, 4.69) is 30.3 Å². The Balaban J connectivity index is 3.00. The second-order valence-electron chi connectivity index (χ2n) is 1.15. The summed E-state index contributed by atoms with van der Waals surface area (Å²) in [6.45, 7) is 2.21. The van der Waals surface area contributed by atoms with E-state index >= 15 is 0 Å². The van der Waals surface area contributed by atoms with Crippen LogP contribution < -0.4 is 0 Å². The molecule has 0 saturated heterocycles. The van der Waals surface area contributed by atoms with Gasteiger partial charge in [0.25, 0.3) is 0 Å².